The number of carbonyl (C=O) groups is 3. The molecule has 3 fully saturated rings. The van der Waals surface area contributed by atoms with Crippen LogP contribution in [-0.2, 0) is 14.4 Å². The third kappa shape index (κ3) is 2.66. The Balaban J connectivity index is 1.51. The van der Waals surface area contributed by atoms with Crippen molar-refractivity contribution in [2.24, 2.45) is 11.3 Å². The van der Waals surface area contributed by atoms with E-state index in [2.05, 4.69) is 17.5 Å². The van der Waals surface area contributed by atoms with Crippen LogP contribution in [0.1, 0.15) is 24.8 Å². The molecule has 2 bridgehead atoms. The van der Waals surface area contributed by atoms with Crippen LogP contribution in [0.3, 0.4) is 0 Å². The summed E-state index contributed by atoms with van der Waals surface area (Å²) in [5.74, 6) is -0.655. The predicted molar refractivity (Wildman–Crippen MR) is 98.9 cm³/mol. The lowest BCUT2D eigenvalue weighted by molar-refractivity contribution is -0.151. The van der Waals surface area contributed by atoms with Gasteiger partial charge < -0.3 is 9.80 Å². The second-order valence-electron chi connectivity index (χ2n) is 7.67. The van der Waals surface area contributed by atoms with E-state index < -0.39 is 5.41 Å². The van der Waals surface area contributed by atoms with Crippen molar-refractivity contribution in [2.45, 2.75) is 19.3 Å². The van der Waals surface area contributed by atoms with Gasteiger partial charge in [-0.3, -0.25) is 14.4 Å². The maximum atomic E-state index is 13.2. The second kappa shape index (κ2) is 6.34. The number of hydrogen-bond acceptors (Lipinski definition) is 5. The molecule has 6 nitrogen and oxygen atoms in total. The smallest absolute Gasteiger partial charge is 0.237 e. The quantitative estimate of drug-likeness (QED) is 0.590. The molecule has 1 heterocycles. The maximum Gasteiger partial charge on any atom is 0.237 e. The minimum atomic E-state index is -1.22. The van der Waals surface area contributed by atoms with Gasteiger partial charge in [-0.2, -0.15) is 5.26 Å². The molecule has 2 aliphatic carbocycles. The van der Waals surface area contributed by atoms with E-state index in [4.69, 9.17) is 0 Å². The van der Waals surface area contributed by atoms with Gasteiger partial charge in [0.2, 0.25) is 5.91 Å². The van der Waals surface area contributed by atoms with Gasteiger partial charge in [0.05, 0.1) is 11.3 Å². The first kappa shape index (κ1) is 17.5. The van der Waals surface area contributed by atoms with E-state index in [1.165, 1.54) is 0 Å². The maximum absolute atomic E-state index is 13.2. The van der Waals surface area contributed by atoms with Crippen molar-refractivity contribution < 1.29 is 14.4 Å². The topological polar surface area (TPSA) is 81.5 Å². The highest BCUT2D eigenvalue weighted by molar-refractivity contribution is 6.19. The van der Waals surface area contributed by atoms with Gasteiger partial charge in [0, 0.05) is 39.0 Å². The molecule has 0 aromatic heterocycles. The number of para-hydroxylation sites is 1. The van der Waals surface area contributed by atoms with Crippen molar-refractivity contribution in [3.05, 3.63) is 42.0 Å². The number of nitrogens with zero attached hydrogens (tertiary/aromatic N) is 3. The predicted octanol–water partition coefficient (Wildman–Crippen LogP) is 1.70. The third-order valence-electron chi connectivity index (χ3n) is 6.13. The number of amides is 1. The average molecular weight is 363 g/mol. The van der Waals surface area contributed by atoms with E-state index in [1.54, 1.807) is 11.0 Å². The Labute approximate surface area is 158 Å². The van der Waals surface area contributed by atoms with Crippen molar-refractivity contribution >= 4 is 23.2 Å². The van der Waals surface area contributed by atoms with Gasteiger partial charge >= 0.3 is 0 Å². The number of hydrogen-bond donors (Lipinski definition) is 0. The monoisotopic (exact) mass is 363 g/mol. The van der Waals surface area contributed by atoms with Gasteiger partial charge in [0.1, 0.15) is 17.3 Å². The molecule has 6 heteroatoms. The molecule has 1 aliphatic heterocycles. The number of anilines is 1. The normalized spacial score (nSPS) is 27.7. The van der Waals surface area contributed by atoms with E-state index in [-0.39, 0.29) is 29.8 Å². The van der Waals surface area contributed by atoms with Crippen LogP contribution in [0.4, 0.5) is 5.69 Å². The molecule has 27 heavy (non-hydrogen) atoms. The summed E-state index contributed by atoms with van der Waals surface area (Å²) in [5.41, 5.74) is 0.697. The molecular formula is C21H21N3O3. The molecule has 1 aromatic rings. The lowest BCUT2D eigenvalue weighted by atomic mass is 9.73. The second-order valence-corrected chi connectivity index (χ2v) is 7.67. The molecule has 0 spiro atoms. The van der Waals surface area contributed by atoms with Crippen LogP contribution in [0, 0.1) is 22.7 Å². The SMILES string of the molecule is C=C1C(=O)C2(C(=O)N3CCN(c4ccccc4C#N)CC3)CC(=O)CC1C2. The minimum absolute atomic E-state index is 0.0116. The largest absolute Gasteiger partial charge is 0.367 e. The highest BCUT2D eigenvalue weighted by atomic mass is 16.2. The number of carbonyl (C=O) groups excluding carboxylic acids is 3. The fourth-order valence-electron chi connectivity index (χ4n) is 4.72. The van der Waals surface area contributed by atoms with Crippen LogP contribution in [0.25, 0.3) is 0 Å². The number of ketones is 2. The highest BCUT2D eigenvalue weighted by Gasteiger charge is 2.59. The Kier molecular flexibility index (Phi) is 4.11. The molecule has 0 N–H and O–H groups in total. The summed E-state index contributed by atoms with van der Waals surface area (Å²) in [6.45, 7) is 5.97. The summed E-state index contributed by atoms with van der Waals surface area (Å²) in [5, 5.41) is 9.29. The zero-order valence-corrected chi connectivity index (χ0v) is 15.1. The number of allylic oxidation sites excluding steroid dienone is 1. The van der Waals surface area contributed by atoms with E-state index in [0.29, 0.717) is 50.2 Å². The number of rotatable bonds is 2. The molecule has 2 unspecified atom stereocenters. The first-order valence-electron chi connectivity index (χ1n) is 9.25. The van der Waals surface area contributed by atoms with Crippen molar-refractivity contribution in [1.82, 2.24) is 4.90 Å². The number of benzene rings is 1. The first-order valence-corrected chi connectivity index (χ1v) is 9.25. The van der Waals surface area contributed by atoms with Crippen LogP contribution in [0.2, 0.25) is 0 Å². The first-order chi connectivity index (χ1) is 13.0. The molecule has 1 amide bonds. The number of nitriles is 1. The summed E-state index contributed by atoms with van der Waals surface area (Å²) in [7, 11) is 0. The Hall–Kier alpha value is -2.94. The van der Waals surface area contributed by atoms with E-state index >= 15 is 0 Å². The summed E-state index contributed by atoms with van der Waals surface area (Å²) < 4.78 is 0. The Morgan fingerprint density at radius 3 is 2.59 bits per heavy atom. The van der Waals surface area contributed by atoms with E-state index in [0.717, 1.165) is 5.69 Å². The van der Waals surface area contributed by atoms with Crippen molar-refractivity contribution in [1.29, 1.82) is 5.26 Å². The standard InChI is InChI=1S/C21H21N3O3/c1-14-16-10-17(25)12-21(11-16,19(14)26)20(27)24-8-6-23(7-9-24)18-5-3-2-4-15(18)13-22/h2-5,16H,1,6-12H2. The fourth-order valence-corrected chi connectivity index (χ4v) is 4.72. The van der Waals surface area contributed by atoms with Crippen LogP contribution in [0.15, 0.2) is 36.4 Å². The summed E-state index contributed by atoms with van der Waals surface area (Å²) in [6, 6.07) is 9.61. The zero-order chi connectivity index (χ0) is 19.2. The lowest BCUT2D eigenvalue weighted by Gasteiger charge is -2.40. The van der Waals surface area contributed by atoms with Crippen molar-refractivity contribution in [3.8, 4) is 6.07 Å². The van der Waals surface area contributed by atoms with Gasteiger partial charge in [-0.1, -0.05) is 18.7 Å². The Morgan fingerprint density at radius 2 is 1.89 bits per heavy atom. The van der Waals surface area contributed by atoms with Crippen LogP contribution in [-0.4, -0.2) is 48.6 Å². The Morgan fingerprint density at radius 1 is 1.19 bits per heavy atom. The number of Topliss-reactive ketones (excluding diaryl/α,β-unsaturated/α-hetero) is 2. The number of piperazine rings is 1. The van der Waals surface area contributed by atoms with Crippen LogP contribution in [0.5, 0.6) is 0 Å². The van der Waals surface area contributed by atoms with Crippen molar-refractivity contribution in [3.63, 3.8) is 0 Å². The molecule has 4 rings (SSSR count). The van der Waals surface area contributed by atoms with Gasteiger partial charge in [-0.15, -0.1) is 0 Å². The molecule has 2 atom stereocenters. The molecule has 1 aromatic carbocycles. The van der Waals surface area contributed by atoms with Gasteiger partial charge in [-0.05, 0) is 30.0 Å². The highest BCUT2D eigenvalue weighted by Crippen LogP contribution is 2.51. The number of fused-ring (bicyclic) bond motifs is 2. The molecule has 2 saturated carbocycles. The molecule has 3 aliphatic rings. The molecule has 0 radical (unpaired) electrons. The lowest BCUT2D eigenvalue weighted by Crippen LogP contribution is -2.55. The van der Waals surface area contributed by atoms with Crippen LogP contribution >= 0.6 is 0 Å². The van der Waals surface area contributed by atoms with Crippen LogP contribution < -0.4 is 4.90 Å². The van der Waals surface area contributed by atoms with E-state index in [9.17, 15) is 19.6 Å². The summed E-state index contributed by atoms with van der Waals surface area (Å²) in [6.07, 6.45) is 0.767. The van der Waals surface area contributed by atoms with Gasteiger partial charge in [0.15, 0.2) is 5.78 Å². The third-order valence-corrected chi connectivity index (χ3v) is 6.13. The molecule has 1 saturated heterocycles. The zero-order valence-electron chi connectivity index (χ0n) is 15.1. The van der Waals surface area contributed by atoms with E-state index in [1.807, 2.05) is 18.2 Å². The van der Waals surface area contributed by atoms with Crippen molar-refractivity contribution in [2.75, 3.05) is 31.1 Å². The minimum Gasteiger partial charge on any atom is -0.367 e. The Bertz CT molecular complexity index is 892. The van der Waals surface area contributed by atoms with Gasteiger partial charge in [-0.25, -0.2) is 0 Å². The fraction of sp³-hybridized carbons (Fsp3) is 0.429. The molecular weight excluding hydrogens is 342 g/mol. The summed E-state index contributed by atoms with van der Waals surface area (Å²) >= 11 is 0. The summed E-state index contributed by atoms with van der Waals surface area (Å²) in [4.78, 5) is 41.9. The van der Waals surface area contributed by atoms with Gasteiger partial charge in [0.25, 0.3) is 0 Å². The molecule has 138 valence electrons. The average Bonchev–Trinajstić information content (AvgIpc) is 2.88.